The molecular formula is C17H27IN4O2. The Hall–Kier alpha value is -1.51. The zero-order chi connectivity index (χ0) is 16.5. The molecule has 0 spiro atoms. The van der Waals surface area contributed by atoms with E-state index in [0.717, 1.165) is 24.2 Å². The topological polar surface area (TPSA) is 74.8 Å². The molecular weight excluding hydrogens is 419 g/mol. The molecule has 1 amide bonds. The van der Waals surface area contributed by atoms with Gasteiger partial charge in [0.15, 0.2) is 5.96 Å². The second kappa shape index (κ2) is 11.1. The number of halogens is 1. The van der Waals surface area contributed by atoms with Gasteiger partial charge in [-0.2, -0.15) is 0 Å². The van der Waals surface area contributed by atoms with Crippen LogP contribution >= 0.6 is 24.0 Å². The van der Waals surface area contributed by atoms with E-state index in [4.69, 9.17) is 4.74 Å². The standard InChI is InChI=1S/C17H26N4O2.HI/c1-3-23-15-7-5-4-6-14(15)12-21-17(18-2)20-11-10-19-16(22)13-8-9-13;/h4-7,13H,3,8-12H2,1-2H3,(H,19,22)(H2,18,20,21);1H. The fraction of sp³-hybridized carbons (Fsp3) is 0.529. The van der Waals surface area contributed by atoms with Crippen molar-refractivity contribution in [3.05, 3.63) is 29.8 Å². The molecule has 0 heterocycles. The molecule has 1 saturated carbocycles. The summed E-state index contributed by atoms with van der Waals surface area (Å²) in [6.07, 6.45) is 2.06. The molecule has 1 aromatic carbocycles. The van der Waals surface area contributed by atoms with Gasteiger partial charge in [-0.1, -0.05) is 18.2 Å². The molecule has 1 aliphatic rings. The van der Waals surface area contributed by atoms with Crippen molar-refractivity contribution in [3.8, 4) is 5.75 Å². The van der Waals surface area contributed by atoms with Crippen LogP contribution in [0, 0.1) is 5.92 Å². The van der Waals surface area contributed by atoms with Gasteiger partial charge in [0.05, 0.1) is 6.61 Å². The number of hydrogen-bond acceptors (Lipinski definition) is 3. The highest BCUT2D eigenvalue weighted by Crippen LogP contribution is 2.28. The predicted octanol–water partition coefficient (Wildman–Crippen LogP) is 1.89. The van der Waals surface area contributed by atoms with Gasteiger partial charge in [-0.3, -0.25) is 9.79 Å². The second-order valence-electron chi connectivity index (χ2n) is 5.46. The smallest absolute Gasteiger partial charge is 0.223 e. The molecule has 7 heteroatoms. The van der Waals surface area contributed by atoms with Crippen molar-refractivity contribution in [1.29, 1.82) is 0 Å². The lowest BCUT2D eigenvalue weighted by Crippen LogP contribution is -2.41. The molecule has 0 saturated heterocycles. The predicted molar refractivity (Wildman–Crippen MR) is 107 cm³/mol. The number of hydrogen-bond donors (Lipinski definition) is 3. The Morgan fingerprint density at radius 1 is 1.21 bits per heavy atom. The zero-order valence-corrected chi connectivity index (χ0v) is 16.6. The number of nitrogens with zero attached hydrogens (tertiary/aromatic N) is 1. The minimum atomic E-state index is 0. The Morgan fingerprint density at radius 3 is 2.58 bits per heavy atom. The van der Waals surface area contributed by atoms with Crippen LogP contribution in [0.4, 0.5) is 0 Å². The molecule has 0 unspecified atom stereocenters. The van der Waals surface area contributed by atoms with Gasteiger partial charge in [0, 0.05) is 38.2 Å². The highest BCUT2D eigenvalue weighted by molar-refractivity contribution is 14.0. The molecule has 0 radical (unpaired) electrons. The number of ether oxygens (including phenoxy) is 1. The fourth-order valence-corrected chi connectivity index (χ4v) is 2.20. The maximum absolute atomic E-state index is 11.5. The maximum Gasteiger partial charge on any atom is 0.223 e. The van der Waals surface area contributed by atoms with Gasteiger partial charge in [0.1, 0.15) is 5.75 Å². The molecule has 1 aromatic rings. The van der Waals surface area contributed by atoms with E-state index < -0.39 is 0 Å². The second-order valence-corrected chi connectivity index (χ2v) is 5.46. The third-order valence-corrected chi connectivity index (χ3v) is 3.61. The number of para-hydroxylation sites is 1. The molecule has 0 aromatic heterocycles. The van der Waals surface area contributed by atoms with Gasteiger partial charge in [-0.15, -0.1) is 24.0 Å². The molecule has 2 rings (SSSR count). The van der Waals surface area contributed by atoms with E-state index in [9.17, 15) is 4.79 Å². The number of carbonyl (C=O) groups excluding carboxylic acids is 1. The number of benzene rings is 1. The molecule has 24 heavy (non-hydrogen) atoms. The number of aliphatic imine (C=N–C) groups is 1. The largest absolute Gasteiger partial charge is 0.494 e. The van der Waals surface area contributed by atoms with E-state index in [1.54, 1.807) is 7.05 Å². The minimum Gasteiger partial charge on any atom is -0.494 e. The van der Waals surface area contributed by atoms with Crippen molar-refractivity contribution < 1.29 is 9.53 Å². The lowest BCUT2D eigenvalue weighted by atomic mass is 10.2. The van der Waals surface area contributed by atoms with E-state index in [1.807, 2.05) is 31.2 Å². The molecule has 6 nitrogen and oxygen atoms in total. The van der Waals surface area contributed by atoms with Crippen LogP contribution in [0.15, 0.2) is 29.3 Å². The number of rotatable bonds is 8. The third-order valence-electron chi connectivity index (χ3n) is 3.61. The summed E-state index contributed by atoms with van der Waals surface area (Å²) in [5.74, 6) is 2.01. The first kappa shape index (κ1) is 20.5. The Bertz CT molecular complexity index is 547. The first-order valence-corrected chi connectivity index (χ1v) is 8.17. The van der Waals surface area contributed by atoms with Gasteiger partial charge >= 0.3 is 0 Å². The third kappa shape index (κ3) is 6.94. The molecule has 0 atom stereocenters. The average molecular weight is 446 g/mol. The van der Waals surface area contributed by atoms with Gasteiger partial charge in [-0.05, 0) is 25.8 Å². The quantitative estimate of drug-likeness (QED) is 0.247. The summed E-state index contributed by atoms with van der Waals surface area (Å²) in [6.45, 7) is 4.49. The SMILES string of the molecule is CCOc1ccccc1CNC(=NC)NCCNC(=O)C1CC1.I. The first-order chi connectivity index (χ1) is 11.2. The van der Waals surface area contributed by atoms with Crippen LogP contribution in [0.3, 0.4) is 0 Å². The van der Waals surface area contributed by atoms with Crippen molar-refractivity contribution in [2.75, 3.05) is 26.7 Å². The van der Waals surface area contributed by atoms with Crippen molar-refractivity contribution in [2.24, 2.45) is 10.9 Å². The van der Waals surface area contributed by atoms with Crippen LogP contribution < -0.4 is 20.7 Å². The van der Waals surface area contributed by atoms with Crippen LogP contribution in [-0.4, -0.2) is 38.6 Å². The van der Waals surface area contributed by atoms with Crippen LogP contribution in [0.5, 0.6) is 5.75 Å². The lowest BCUT2D eigenvalue weighted by molar-refractivity contribution is -0.122. The normalized spacial score (nSPS) is 13.7. The van der Waals surface area contributed by atoms with Gasteiger partial charge in [0.25, 0.3) is 0 Å². The summed E-state index contributed by atoms with van der Waals surface area (Å²) in [5, 5.41) is 9.36. The molecule has 1 fully saturated rings. The summed E-state index contributed by atoms with van der Waals surface area (Å²) < 4.78 is 5.61. The lowest BCUT2D eigenvalue weighted by Gasteiger charge is -2.14. The molecule has 1 aliphatic carbocycles. The minimum absolute atomic E-state index is 0. The molecule has 0 aliphatic heterocycles. The van der Waals surface area contributed by atoms with Gasteiger partial charge in [0.2, 0.25) is 5.91 Å². The maximum atomic E-state index is 11.5. The average Bonchev–Trinajstić information content (AvgIpc) is 3.40. The Morgan fingerprint density at radius 2 is 1.92 bits per heavy atom. The number of carbonyl (C=O) groups is 1. The van der Waals surface area contributed by atoms with Crippen molar-refractivity contribution in [2.45, 2.75) is 26.3 Å². The van der Waals surface area contributed by atoms with E-state index in [-0.39, 0.29) is 35.8 Å². The molecule has 134 valence electrons. The number of guanidine groups is 1. The van der Waals surface area contributed by atoms with Crippen molar-refractivity contribution >= 4 is 35.8 Å². The van der Waals surface area contributed by atoms with Crippen molar-refractivity contribution in [1.82, 2.24) is 16.0 Å². The van der Waals surface area contributed by atoms with Gasteiger partial charge < -0.3 is 20.7 Å². The van der Waals surface area contributed by atoms with Crippen LogP contribution in [0.1, 0.15) is 25.3 Å². The summed E-state index contributed by atoms with van der Waals surface area (Å²) in [6, 6.07) is 7.94. The summed E-state index contributed by atoms with van der Waals surface area (Å²) in [5.41, 5.74) is 1.08. The highest BCUT2D eigenvalue weighted by Gasteiger charge is 2.28. The Kier molecular flexibility index (Phi) is 9.51. The summed E-state index contributed by atoms with van der Waals surface area (Å²) in [7, 11) is 1.73. The van der Waals surface area contributed by atoms with Crippen molar-refractivity contribution in [3.63, 3.8) is 0 Å². The van der Waals surface area contributed by atoms with Crippen LogP contribution in [-0.2, 0) is 11.3 Å². The zero-order valence-electron chi connectivity index (χ0n) is 14.3. The van der Waals surface area contributed by atoms with E-state index in [2.05, 4.69) is 20.9 Å². The van der Waals surface area contributed by atoms with E-state index >= 15 is 0 Å². The molecule has 0 bridgehead atoms. The van der Waals surface area contributed by atoms with Gasteiger partial charge in [-0.25, -0.2) is 0 Å². The van der Waals surface area contributed by atoms with Crippen LogP contribution in [0.25, 0.3) is 0 Å². The van der Waals surface area contributed by atoms with E-state index in [0.29, 0.717) is 32.2 Å². The van der Waals surface area contributed by atoms with E-state index in [1.165, 1.54) is 0 Å². The van der Waals surface area contributed by atoms with Crippen LogP contribution in [0.2, 0.25) is 0 Å². The number of nitrogens with one attached hydrogen (secondary N) is 3. The number of amides is 1. The first-order valence-electron chi connectivity index (χ1n) is 8.17. The Labute approximate surface area is 160 Å². The summed E-state index contributed by atoms with van der Waals surface area (Å²) >= 11 is 0. The Balaban J connectivity index is 0.00000288. The molecule has 3 N–H and O–H groups in total. The fourth-order valence-electron chi connectivity index (χ4n) is 2.20. The summed E-state index contributed by atoms with van der Waals surface area (Å²) in [4.78, 5) is 15.7. The monoisotopic (exact) mass is 446 g/mol. The highest BCUT2D eigenvalue weighted by atomic mass is 127.